The van der Waals surface area contributed by atoms with E-state index in [0.717, 1.165) is 6.26 Å². The molecule has 0 spiro atoms. The predicted octanol–water partition coefficient (Wildman–Crippen LogP) is -0.882. The highest BCUT2D eigenvalue weighted by Gasteiger charge is 2.31. The first-order valence-electron chi connectivity index (χ1n) is 5.42. The van der Waals surface area contributed by atoms with E-state index in [1.54, 1.807) is 0 Å². The lowest BCUT2D eigenvalue weighted by Gasteiger charge is -2.23. The number of sulfone groups is 1. The zero-order valence-corrected chi connectivity index (χ0v) is 11.6. The average Bonchev–Trinajstić information content (AvgIpc) is 2.20. The third kappa shape index (κ3) is 5.46. The molecule has 0 aromatic heterocycles. The number of rotatable bonds is 7. The zero-order valence-electron chi connectivity index (χ0n) is 10.8. The Morgan fingerprint density at radius 1 is 1.39 bits per heavy atom. The van der Waals surface area contributed by atoms with E-state index in [2.05, 4.69) is 5.32 Å². The molecule has 0 aliphatic rings. The van der Waals surface area contributed by atoms with Crippen LogP contribution in [0.3, 0.4) is 0 Å². The van der Waals surface area contributed by atoms with Gasteiger partial charge < -0.3 is 16.2 Å². The van der Waals surface area contributed by atoms with Crippen LogP contribution in [0.2, 0.25) is 0 Å². The second-order valence-electron chi connectivity index (χ2n) is 4.79. The van der Waals surface area contributed by atoms with Crippen LogP contribution in [0.1, 0.15) is 26.7 Å². The third-order valence-corrected chi connectivity index (χ3v) is 4.85. The fourth-order valence-electron chi connectivity index (χ4n) is 0.972. The number of nitrogens with two attached hydrogens (primary N) is 1. The first-order chi connectivity index (χ1) is 7.97. The molecule has 0 heterocycles. The maximum atomic E-state index is 11.5. The van der Waals surface area contributed by atoms with Crippen molar-refractivity contribution in [2.24, 2.45) is 5.73 Å². The van der Waals surface area contributed by atoms with Gasteiger partial charge in [-0.05, 0) is 20.3 Å². The van der Waals surface area contributed by atoms with Gasteiger partial charge in [-0.2, -0.15) is 0 Å². The molecule has 0 saturated heterocycles. The Morgan fingerprint density at radius 2 is 1.89 bits per heavy atom. The Balaban J connectivity index is 4.30. The van der Waals surface area contributed by atoms with Gasteiger partial charge in [-0.3, -0.25) is 9.59 Å². The van der Waals surface area contributed by atoms with Gasteiger partial charge in [0, 0.05) is 19.2 Å². The molecule has 4 N–H and O–H groups in total. The van der Waals surface area contributed by atoms with Crippen molar-refractivity contribution in [1.29, 1.82) is 0 Å². The number of aliphatic carboxylic acids is 1. The van der Waals surface area contributed by atoms with Gasteiger partial charge in [-0.15, -0.1) is 0 Å². The standard InChI is InChI=1S/C10H20N2O5S/c1-10(2,18(3,16)17)6-12-9(15)7(11)4-5-8(13)14/h7H,4-6,11H2,1-3H3,(H,12,15)(H,13,14). The van der Waals surface area contributed by atoms with Crippen LogP contribution in [0.25, 0.3) is 0 Å². The Morgan fingerprint density at radius 3 is 2.28 bits per heavy atom. The van der Waals surface area contributed by atoms with Crippen molar-refractivity contribution in [2.75, 3.05) is 12.8 Å². The highest BCUT2D eigenvalue weighted by Crippen LogP contribution is 2.13. The maximum Gasteiger partial charge on any atom is 0.303 e. The summed E-state index contributed by atoms with van der Waals surface area (Å²) in [6.07, 6.45) is 0.897. The topological polar surface area (TPSA) is 127 Å². The molecule has 1 unspecified atom stereocenters. The summed E-state index contributed by atoms with van der Waals surface area (Å²) in [5.41, 5.74) is 5.48. The molecule has 1 amide bonds. The lowest BCUT2D eigenvalue weighted by atomic mass is 10.1. The second kappa shape index (κ2) is 6.14. The van der Waals surface area contributed by atoms with E-state index in [9.17, 15) is 18.0 Å². The van der Waals surface area contributed by atoms with Crippen LogP contribution in [0, 0.1) is 0 Å². The number of hydrogen-bond acceptors (Lipinski definition) is 5. The Kier molecular flexibility index (Phi) is 5.75. The monoisotopic (exact) mass is 280 g/mol. The maximum absolute atomic E-state index is 11.5. The van der Waals surface area contributed by atoms with Crippen LogP contribution in [-0.2, 0) is 19.4 Å². The van der Waals surface area contributed by atoms with Crippen LogP contribution < -0.4 is 11.1 Å². The van der Waals surface area contributed by atoms with Crippen LogP contribution in [-0.4, -0.2) is 49.0 Å². The van der Waals surface area contributed by atoms with E-state index in [4.69, 9.17) is 10.8 Å². The summed E-state index contributed by atoms with van der Waals surface area (Å²) in [5, 5.41) is 10.9. The summed E-state index contributed by atoms with van der Waals surface area (Å²) in [7, 11) is -3.30. The molecule has 0 aliphatic carbocycles. The number of carbonyl (C=O) groups is 2. The highest BCUT2D eigenvalue weighted by atomic mass is 32.2. The Bertz CT molecular complexity index is 416. The minimum Gasteiger partial charge on any atom is -0.481 e. The van der Waals surface area contributed by atoms with Crippen LogP contribution in [0.4, 0.5) is 0 Å². The molecule has 0 aromatic carbocycles. The SMILES string of the molecule is CC(C)(CNC(=O)C(N)CCC(=O)O)S(C)(=O)=O. The van der Waals surface area contributed by atoms with Crippen molar-refractivity contribution in [2.45, 2.75) is 37.5 Å². The van der Waals surface area contributed by atoms with Crippen molar-refractivity contribution in [3.05, 3.63) is 0 Å². The number of nitrogens with one attached hydrogen (secondary N) is 1. The fraction of sp³-hybridized carbons (Fsp3) is 0.800. The molecule has 1 atom stereocenters. The lowest BCUT2D eigenvalue weighted by Crippen LogP contribution is -2.48. The minimum absolute atomic E-state index is 0.0144. The van der Waals surface area contributed by atoms with Crippen molar-refractivity contribution in [3.8, 4) is 0 Å². The number of carboxylic acids is 1. The molecule has 0 bridgehead atoms. The van der Waals surface area contributed by atoms with Crippen molar-refractivity contribution in [1.82, 2.24) is 5.32 Å². The molecule has 0 rings (SSSR count). The molecule has 0 aromatic rings. The van der Waals surface area contributed by atoms with Gasteiger partial charge in [0.15, 0.2) is 9.84 Å². The van der Waals surface area contributed by atoms with Gasteiger partial charge in [0.1, 0.15) is 0 Å². The molecular formula is C10H20N2O5S. The fourth-order valence-corrected chi connectivity index (χ4v) is 1.31. The summed E-state index contributed by atoms with van der Waals surface area (Å²) >= 11 is 0. The summed E-state index contributed by atoms with van der Waals surface area (Å²) < 4.78 is 21.7. The van der Waals surface area contributed by atoms with E-state index < -0.39 is 32.5 Å². The first-order valence-corrected chi connectivity index (χ1v) is 7.31. The van der Waals surface area contributed by atoms with Gasteiger partial charge in [-0.1, -0.05) is 0 Å². The van der Waals surface area contributed by atoms with Crippen LogP contribution >= 0.6 is 0 Å². The molecule has 7 nitrogen and oxygen atoms in total. The lowest BCUT2D eigenvalue weighted by molar-refractivity contribution is -0.137. The van der Waals surface area contributed by atoms with E-state index in [1.807, 2.05) is 0 Å². The van der Waals surface area contributed by atoms with Gasteiger partial charge in [-0.25, -0.2) is 8.42 Å². The number of hydrogen-bond donors (Lipinski definition) is 3. The smallest absolute Gasteiger partial charge is 0.303 e. The summed E-state index contributed by atoms with van der Waals surface area (Å²) in [4.78, 5) is 21.8. The average molecular weight is 280 g/mol. The Hall–Kier alpha value is -1.15. The molecule has 0 saturated carbocycles. The van der Waals surface area contributed by atoms with Gasteiger partial charge in [0.05, 0.1) is 10.8 Å². The van der Waals surface area contributed by atoms with E-state index >= 15 is 0 Å². The normalized spacial score (nSPS) is 14.0. The van der Waals surface area contributed by atoms with Gasteiger partial charge >= 0.3 is 5.97 Å². The molecule has 0 fully saturated rings. The van der Waals surface area contributed by atoms with Crippen LogP contribution in [0.15, 0.2) is 0 Å². The van der Waals surface area contributed by atoms with E-state index in [1.165, 1.54) is 13.8 Å². The zero-order chi connectivity index (χ0) is 14.6. The highest BCUT2D eigenvalue weighted by molar-refractivity contribution is 7.92. The summed E-state index contributed by atoms with van der Waals surface area (Å²) in [6.45, 7) is 2.92. The number of carboxylic acid groups (broad SMARTS) is 1. The first kappa shape index (κ1) is 16.9. The van der Waals surface area contributed by atoms with Crippen molar-refractivity contribution < 1.29 is 23.1 Å². The predicted molar refractivity (Wildman–Crippen MR) is 66.8 cm³/mol. The summed E-state index contributed by atoms with van der Waals surface area (Å²) in [6, 6.07) is -0.948. The van der Waals surface area contributed by atoms with Gasteiger partial charge in [0.25, 0.3) is 0 Å². The molecule has 8 heteroatoms. The molecular weight excluding hydrogens is 260 g/mol. The second-order valence-corrected chi connectivity index (χ2v) is 7.44. The molecule has 106 valence electrons. The molecule has 18 heavy (non-hydrogen) atoms. The number of amides is 1. The molecule has 0 radical (unpaired) electrons. The third-order valence-electron chi connectivity index (χ3n) is 2.70. The largest absolute Gasteiger partial charge is 0.481 e. The number of carbonyl (C=O) groups excluding carboxylic acids is 1. The quantitative estimate of drug-likeness (QED) is 0.555. The van der Waals surface area contributed by atoms with Gasteiger partial charge in [0.2, 0.25) is 5.91 Å². The van der Waals surface area contributed by atoms with Crippen molar-refractivity contribution in [3.63, 3.8) is 0 Å². The van der Waals surface area contributed by atoms with Crippen molar-refractivity contribution >= 4 is 21.7 Å². The molecule has 0 aliphatic heterocycles. The van der Waals surface area contributed by atoms with E-state index in [-0.39, 0.29) is 19.4 Å². The Labute approximate surface area is 107 Å². The van der Waals surface area contributed by atoms with E-state index in [0.29, 0.717) is 0 Å². The minimum atomic E-state index is -3.30. The van der Waals surface area contributed by atoms with Crippen LogP contribution in [0.5, 0.6) is 0 Å². The summed E-state index contributed by atoms with van der Waals surface area (Å²) in [5.74, 6) is -1.58.